The van der Waals surface area contributed by atoms with E-state index >= 15 is 0 Å². The van der Waals surface area contributed by atoms with Crippen molar-refractivity contribution in [1.82, 2.24) is 4.40 Å². The molecule has 2 aromatic heterocycles. The molecule has 25 heavy (non-hydrogen) atoms. The lowest BCUT2D eigenvalue weighted by molar-refractivity contribution is 0.0600. The van der Waals surface area contributed by atoms with E-state index in [1.54, 1.807) is 40.9 Å². The summed E-state index contributed by atoms with van der Waals surface area (Å²) in [6, 6.07) is 12.5. The molecule has 0 aliphatic carbocycles. The fourth-order valence-electron chi connectivity index (χ4n) is 2.95. The maximum Gasteiger partial charge on any atom is 0.339 e. The number of benzene rings is 1. The van der Waals surface area contributed by atoms with Gasteiger partial charge in [-0.15, -0.1) is 0 Å². The van der Waals surface area contributed by atoms with E-state index < -0.39 is 5.97 Å². The van der Waals surface area contributed by atoms with Crippen molar-refractivity contribution in [3.8, 4) is 0 Å². The van der Waals surface area contributed by atoms with Crippen LogP contribution in [0.2, 0.25) is 5.02 Å². The minimum Gasteiger partial charge on any atom is -0.465 e. The molecule has 0 atom stereocenters. The van der Waals surface area contributed by atoms with Crippen LogP contribution in [0.4, 0.5) is 0 Å². The Morgan fingerprint density at radius 2 is 1.92 bits per heavy atom. The molecular weight excluding hydrogens is 338 g/mol. The highest BCUT2D eigenvalue weighted by molar-refractivity contribution is 6.35. The third kappa shape index (κ3) is 3.17. The van der Waals surface area contributed by atoms with E-state index in [4.69, 9.17) is 16.3 Å². The Balaban J connectivity index is 2.23. The number of aromatic nitrogens is 1. The van der Waals surface area contributed by atoms with Crippen LogP contribution in [0.3, 0.4) is 0 Å². The van der Waals surface area contributed by atoms with Gasteiger partial charge in [0.1, 0.15) is 0 Å². The molecule has 3 rings (SSSR count). The van der Waals surface area contributed by atoms with Gasteiger partial charge in [0.05, 0.1) is 23.4 Å². The van der Waals surface area contributed by atoms with Crippen LogP contribution in [0.15, 0.2) is 48.7 Å². The summed E-state index contributed by atoms with van der Waals surface area (Å²) >= 11 is 6.22. The average molecular weight is 356 g/mol. The molecule has 0 spiro atoms. The molecule has 3 aromatic rings. The van der Waals surface area contributed by atoms with Gasteiger partial charge in [-0.3, -0.25) is 4.79 Å². The molecule has 0 aliphatic heterocycles. The second-order valence-electron chi connectivity index (χ2n) is 5.78. The maximum absolute atomic E-state index is 13.2. The van der Waals surface area contributed by atoms with Crippen molar-refractivity contribution in [1.29, 1.82) is 0 Å². The van der Waals surface area contributed by atoms with Gasteiger partial charge in [0.15, 0.2) is 0 Å². The van der Waals surface area contributed by atoms with Crippen LogP contribution in [0.5, 0.6) is 0 Å². The summed E-state index contributed by atoms with van der Waals surface area (Å²) in [6.45, 7) is 2.06. The Morgan fingerprint density at radius 1 is 1.16 bits per heavy atom. The van der Waals surface area contributed by atoms with E-state index in [0.717, 1.165) is 23.9 Å². The van der Waals surface area contributed by atoms with Gasteiger partial charge in [0.2, 0.25) is 5.78 Å². The second kappa shape index (κ2) is 7.11. The van der Waals surface area contributed by atoms with E-state index in [2.05, 4.69) is 6.92 Å². The number of nitrogens with zero attached hydrogens (tertiary/aromatic N) is 1. The summed E-state index contributed by atoms with van der Waals surface area (Å²) in [6.07, 6.45) is 3.31. The molecular formula is C20H18ClNO3. The largest absolute Gasteiger partial charge is 0.465 e. The molecule has 0 aliphatic rings. The van der Waals surface area contributed by atoms with Gasteiger partial charge >= 0.3 is 5.97 Å². The quantitative estimate of drug-likeness (QED) is 0.498. The first kappa shape index (κ1) is 17.2. The third-order valence-electron chi connectivity index (χ3n) is 4.12. The molecule has 128 valence electrons. The van der Waals surface area contributed by atoms with Crippen LogP contribution < -0.4 is 0 Å². The van der Waals surface area contributed by atoms with Crippen molar-refractivity contribution in [3.05, 3.63) is 76.1 Å². The van der Waals surface area contributed by atoms with Crippen LogP contribution in [0, 0.1) is 0 Å². The fraction of sp³-hybridized carbons (Fsp3) is 0.200. The number of esters is 1. The number of aryl methyl sites for hydroxylation is 1. The highest BCUT2D eigenvalue weighted by atomic mass is 35.5. The lowest BCUT2D eigenvalue weighted by Gasteiger charge is -2.08. The lowest BCUT2D eigenvalue weighted by Crippen LogP contribution is -2.10. The number of fused-ring (bicyclic) bond motifs is 1. The second-order valence-corrected chi connectivity index (χ2v) is 6.19. The highest BCUT2D eigenvalue weighted by Crippen LogP contribution is 2.25. The molecule has 0 N–H and O–H groups in total. The SMILES string of the molecule is CCCc1cc2ccc(C(=O)OC)cn2c1C(=O)c1ccccc1Cl. The zero-order chi connectivity index (χ0) is 18.0. The molecule has 0 unspecified atom stereocenters. The Kier molecular flexibility index (Phi) is 4.91. The van der Waals surface area contributed by atoms with E-state index in [0.29, 0.717) is 21.8 Å². The zero-order valence-electron chi connectivity index (χ0n) is 14.1. The number of ether oxygens (including phenoxy) is 1. The van der Waals surface area contributed by atoms with E-state index in [-0.39, 0.29) is 5.78 Å². The molecule has 0 radical (unpaired) electrons. The van der Waals surface area contributed by atoms with Crippen molar-refractivity contribution in [2.45, 2.75) is 19.8 Å². The van der Waals surface area contributed by atoms with Crippen LogP contribution in [0.1, 0.15) is 45.3 Å². The normalized spacial score (nSPS) is 10.8. The molecule has 0 saturated heterocycles. The standard InChI is InChI=1S/C20H18ClNO3/c1-3-6-13-11-15-10-9-14(20(24)25-2)12-22(15)18(13)19(23)16-7-4-5-8-17(16)21/h4-5,7-12H,3,6H2,1-2H3. The topological polar surface area (TPSA) is 47.8 Å². The lowest BCUT2D eigenvalue weighted by atomic mass is 10.0. The van der Waals surface area contributed by atoms with Gasteiger partial charge in [-0.2, -0.15) is 0 Å². The van der Waals surface area contributed by atoms with Gasteiger partial charge in [-0.05, 0) is 42.3 Å². The van der Waals surface area contributed by atoms with Crippen molar-refractivity contribution < 1.29 is 14.3 Å². The predicted molar refractivity (Wildman–Crippen MR) is 97.6 cm³/mol. The number of hydrogen-bond donors (Lipinski definition) is 0. The first-order chi connectivity index (χ1) is 12.1. The van der Waals surface area contributed by atoms with Gasteiger partial charge in [-0.25, -0.2) is 4.79 Å². The zero-order valence-corrected chi connectivity index (χ0v) is 14.8. The number of ketones is 1. The summed E-state index contributed by atoms with van der Waals surface area (Å²) in [5, 5.41) is 0.411. The van der Waals surface area contributed by atoms with Gasteiger partial charge in [0.25, 0.3) is 0 Å². The smallest absolute Gasteiger partial charge is 0.339 e. The third-order valence-corrected chi connectivity index (χ3v) is 4.45. The first-order valence-corrected chi connectivity index (χ1v) is 8.46. The predicted octanol–water partition coefficient (Wildman–Crippen LogP) is 4.56. The van der Waals surface area contributed by atoms with E-state index in [1.165, 1.54) is 7.11 Å². The summed E-state index contributed by atoms with van der Waals surface area (Å²) in [5.74, 6) is -0.597. The minimum atomic E-state index is -0.441. The number of carbonyl (C=O) groups is 2. The van der Waals surface area contributed by atoms with E-state index in [9.17, 15) is 9.59 Å². The molecule has 0 bridgehead atoms. The summed E-state index contributed by atoms with van der Waals surface area (Å²) in [4.78, 5) is 25.0. The first-order valence-electron chi connectivity index (χ1n) is 8.08. The number of halogens is 1. The average Bonchev–Trinajstić information content (AvgIpc) is 2.98. The van der Waals surface area contributed by atoms with Gasteiger partial charge in [-0.1, -0.05) is 37.1 Å². The number of rotatable bonds is 5. The summed E-state index contributed by atoms with van der Waals surface area (Å²) < 4.78 is 6.54. The van der Waals surface area contributed by atoms with Crippen LogP contribution >= 0.6 is 11.6 Å². The van der Waals surface area contributed by atoms with Crippen LogP contribution in [-0.2, 0) is 11.2 Å². The molecule has 1 aromatic carbocycles. The van der Waals surface area contributed by atoms with Crippen molar-refractivity contribution in [2.24, 2.45) is 0 Å². The monoisotopic (exact) mass is 355 g/mol. The Labute approximate surface area is 151 Å². The molecule has 0 amide bonds. The van der Waals surface area contributed by atoms with Gasteiger partial charge in [0, 0.05) is 17.3 Å². The fourth-order valence-corrected chi connectivity index (χ4v) is 3.17. The van der Waals surface area contributed by atoms with Gasteiger partial charge < -0.3 is 9.14 Å². The number of carbonyl (C=O) groups excluding carboxylic acids is 2. The molecule has 0 saturated carbocycles. The van der Waals surface area contributed by atoms with Crippen LogP contribution in [0.25, 0.3) is 5.52 Å². The maximum atomic E-state index is 13.2. The van der Waals surface area contributed by atoms with Crippen molar-refractivity contribution >= 4 is 28.9 Å². The Morgan fingerprint density at radius 3 is 2.60 bits per heavy atom. The molecule has 2 heterocycles. The molecule has 5 heteroatoms. The summed E-state index contributed by atoms with van der Waals surface area (Å²) in [7, 11) is 1.33. The van der Waals surface area contributed by atoms with Crippen molar-refractivity contribution in [3.63, 3.8) is 0 Å². The highest BCUT2D eigenvalue weighted by Gasteiger charge is 2.21. The number of methoxy groups -OCH3 is 1. The molecule has 0 fully saturated rings. The van der Waals surface area contributed by atoms with E-state index in [1.807, 2.05) is 12.1 Å². The van der Waals surface area contributed by atoms with Crippen molar-refractivity contribution in [2.75, 3.05) is 7.11 Å². The van der Waals surface area contributed by atoms with Crippen LogP contribution in [-0.4, -0.2) is 23.3 Å². The number of pyridine rings is 1. The molecule has 4 nitrogen and oxygen atoms in total. The minimum absolute atomic E-state index is 0.156. The summed E-state index contributed by atoms with van der Waals surface area (Å²) in [5.41, 5.74) is 3.17. The Hall–Kier alpha value is -2.59. The number of hydrogen-bond acceptors (Lipinski definition) is 3. The Bertz CT molecular complexity index is 959.